The molecule has 2 N–H and O–H groups in total. The van der Waals surface area contributed by atoms with E-state index in [1.54, 1.807) is 11.0 Å². The van der Waals surface area contributed by atoms with Gasteiger partial charge in [-0.1, -0.05) is 0 Å². The molecule has 0 saturated carbocycles. The second-order valence-corrected chi connectivity index (χ2v) is 8.13. The van der Waals surface area contributed by atoms with Crippen LogP contribution in [0.15, 0.2) is 28.7 Å². The van der Waals surface area contributed by atoms with E-state index in [-0.39, 0.29) is 24.7 Å². The molecule has 2 atom stereocenters. The van der Waals surface area contributed by atoms with Gasteiger partial charge >= 0.3 is 5.88 Å². The maximum Gasteiger partial charge on any atom is 0.433 e. The molecule has 0 aliphatic carbocycles. The van der Waals surface area contributed by atoms with Crippen LogP contribution in [0.4, 0.5) is 21.8 Å². The van der Waals surface area contributed by atoms with Crippen LogP contribution in [-0.4, -0.2) is 76.7 Å². The van der Waals surface area contributed by atoms with E-state index in [1.807, 2.05) is 4.90 Å². The van der Waals surface area contributed by atoms with Gasteiger partial charge < -0.3 is 29.2 Å². The molecule has 2 fully saturated rings. The van der Waals surface area contributed by atoms with Gasteiger partial charge in [0.05, 0.1) is 42.7 Å². The number of anilines is 2. The second-order valence-electron chi connectivity index (χ2n) is 8.13. The molecule has 2 saturated heterocycles. The molecule has 5 rings (SSSR count). The van der Waals surface area contributed by atoms with Crippen LogP contribution in [0, 0.1) is 15.9 Å². The highest BCUT2D eigenvalue weighted by Gasteiger charge is 2.32. The predicted molar refractivity (Wildman–Crippen MR) is 121 cm³/mol. The van der Waals surface area contributed by atoms with E-state index in [2.05, 4.69) is 9.97 Å². The zero-order valence-electron chi connectivity index (χ0n) is 18.0. The van der Waals surface area contributed by atoms with Crippen molar-refractivity contribution >= 4 is 40.4 Å². The fourth-order valence-electron chi connectivity index (χ4n) is 4.13. The fourth-order valence-corrected chi connectivity index (χ4v) is 4.13. The number of halogens is 1. The van der Waals surface area contributed by atoms with Crippen LogP contribution < -0.4 is 9.80 Å². The number of hydrogen-bond acceptors (Lipinski definition) is 10. The van der Waals surface area contributed by atoms with E-state index < -0.39 is 28.8 Å². The lowest BCUT2D eigenvalue weighted by Gasteiger charge is -2.29. The van der Waals surface area contributed by atoms with E-state index in [4.69, 9.17) is 9.15 Å². The molecule has 0 spiro atoms. The third-order valence-electron chi connectivity index (χ3n) is 5.86. The quantitative estimate of drug-likeness (QED) is 0.418. The van der Waals surface area contributed by atoms with Gasteiger partial charge in [-0.25, -0.2) is 14.4 Å². The van der Waals surface area contributed by atoms with Gasteiger partial charge in [0.2, 0.25) is 0 Å². The van der Waals surface area contributed by atoms with E-state index in [9.17, 15) is 20.3 Å². The summed E-state index contributed by atoms with van der Waals surface area (Å²) in [5.41, 5.74) is 0.757. The summed E-state index contributed by atoms with van der Waals surface area (Å²) in [5, 5.41) is 31.6. The summed E-state index contributed by atoms with van der Waals surface area (Å²) < 4.78 is 25.6. The number of aliphatic hydroxyl groups is 2. The first-order valence-corrected chi connectivity index (χ1v) is 10.8. The Labute approximate surface area is 192 Å². The Kier molecular flexibility index (Phi) is 5.86. The van der Waals surface area contributed by atoms with Gasteiger partial charge in [0.25, 0.3) is 0 Å². The number of fused-ring (bicyclic) bond motifs is 1. The summed E-state index contributed by atoms with van der Waals surface area (Å²) >= 11 is 0. The average molecular weight is 471 g/mol. The maximum absolute atomic E-state index is 15.1. The Balaban J connectivity index is 1.57. The Bertz CT molecular complexity index is 1250. The topological polar surface area (TPSA) is 138 Å². The van der Waals surface area contributed by atoms with E-state index in [0.29, 0.717) is 48.7 Å². The van der Waals surface area contributed by atoms with Gasteiger partial charge in [0, 0.05) is 37.6 Å². The Morgan fingerprint density at radius 2 is 1.82 bits per heavy atom. The van der Waals surface area contributed by atoms with Crippen LogP contribution in [0.5, 0.6) is 0 Å². The number of rotatable bonds is 5. The maximum atomic E-state index is 15.1. The molecule has 3 aromatic rings. The minimum absolute atomic E-state index is 0.158. The number of nitrogens with zero attached hydrogens (tertiary/aromatic N) is 5. The number of furan rings is 1. The molecule has 1 aromatic carbocycles. The van der Waals surface area contributed by atoms with Crippen LogP contribution in [0.1, 0.15) is 11.6 Å². The summed E-state index contributed by atoms with van der Waals surface area (Å²) in [6, 6.07) is 5.70. The summed E-state index contributed by atoms with van der Waals surface area (Å²) in [4.78, 5) is 22.8. The number of morpholine rings is 1. The normalized spacial score (nSPS) is 21.1. The van der Waals surface area contributed by atoms with Crippen LogP contribution in [0.3, 0.4) is 0 Å². The molecule has 11 nitrogen and oxygen atoms in total. The number of ether oxygens (including phenoxy) is 1. The van der Waals surface area contributed by atoms with Gasteiger partial charge in [0.15, 0.2) is 5.82 Å². The number of benzene rings is 1. The Morgan fingerprint density at radius 1 is 1.09 bits per heavy atom. The number of aliphatic hydroxyl groups excluding tert-OH is 2. The van der Waals surface area contributed by atoms with Crippen molar-refractivity contribution in [2.75, 3.05) is 49.2 Å². The minimum atomic E-state index is -0.938. The second kappa shape index (κ2) is 8.97. The lowest BCUT2D eigenvalue weighted by molar-refractivity contribution is -0.402. The lowest BCUT2D eigenvalue weighted by Crippen LogP contribution is -2.36. The van der Waals surface area contributed by atoms with E-state index in [0.717, 1.165) is 0 Å². The molecule has 2 aromatic heterocycles. The van der Waals surface area contributed by atoms with Crippen LogP contribution in [-0.2, 0) is 4.74 Å². The van der Waals surface area contributed by atoms with Crippen molar-refractivity contribution in [3.8, 4) is 0 Å². The van der Waals surface area contributed by atoms with Crippen LogP contribution in [0.2, 0.25) is 0 Å². The standard InChI is InChI=1S/C22H22FN5O6/c23-15-10-16-14(9-17(15)26-5-7-33-8-6-26)22(27-11-18(29)19(30)12-27)25-20(24-16)3-1-13-2-4-21(34-13)28(31)32/h1-4,9-10,18-19,29-30H,5-8,11-12H2/b3-1+/t18-,19?/m1/s1. The Hall–Kier alpha value is -3.61. The largest absolute Gasteiger partial charge is 0.433 e. The molecule has 178 valence electrons. The summed E-state index contributed by atoms with van der Waals surface area (Å²) in [6.07, 6.45) is 1.10. The molecule has 34 heavy (non-hydrogen) atoms. The molecule has 0 radical (unpaired) electrons. The van der Waals surface area contributed by atoms with Crippen molar-refractivity contribution in [2.45, 2.75) is 12.2 Å². The van der Waals surface area contributed by atoms with Crippen LogP contribution >= 0.6 is 0 Å². The first kappa shape index (κ1) is 22.2. The lowest BCUT2D eigenvalue weighted by atomic mass is 10.1. The van der Waals surface area contributed by atoms with Crippen LogP contribution in [0.25, 0.3) is 23.1 Å². The van der Waals surface area contributed by atoms with Crippen molar-refractivity contribution in [3.05, 3.63) is 51.8 Å². The summed E-state index contributed by atoms with van der Waals surface area (Å²) in [7, 11) is 0. The monoisotopic (exact) mass is 471 g/mol. The van der Waals surface area contributed by atoms with Crippen molar-refractivity contribution in [1.29, 1.82) is 0 Å². The zero-order valence-corrected chi connectivity index (χ0v) is 18.0. The number of nitro groups is 1. The molecule has 2 aliphatic heterocycles. The minimum Gasteiger partial charge on any atom is -0.401 e. The molecule has 0 amide bonds. The third-order valence-corrected chi connectivity index (χ3v) is 5.86. The molecule has 2 aliphatic rings. The SMILES string of the molecule is O=[N+]([O-])c1ccc(/C=C/c2nc(N3CC(O)[C@H](O)C3)c3cc(N4CCOCC4)c(F)cc3n2)o1. The van der Waals surface area contributed by atoms with E-state index in [1.165, 1.54) is 30.4 Å². The smallest absolute Gasteiger partial charge is 0.401 e. The molecule has 12 heteroatoms. The van der Waals surface area contributed by atoms with Gasteiger partial charge in [-0.05, 0) is 24.3 Å². The zero-order chi connectivity index (χ0) is 23.8. The van der Waals surface area contributed by atoms with Crippen molar-refractivity contribution < 1.29 is 28.7 Å². The van der Waals surface area contributed by atoms with E-state index >= 15 is 4.39 Å². The fraction of sp³-hybridized carbons (Fsp3) is 0.364. The number of β-amino-alcohol motifs (C(OH)–C–C–N with tert-alkyl or cyclic N) is 2. The highest BCUT2D eigenvalue weighted by atomic mass is 19.1. The van der Waals surface area contributed by atoms with Crippen molar-refractivity contribution in [2.24, 2.45) is 0 Å². The van der Waals surface area contributed by atoms with Gasteiger partial charge in [-0.3, -0.25) is 10.1 Å². The average Bonchev–Trinajstić information content (AvgIpc) is 3.44. The van der Waals surface area contributed by atoms with Gasteiger partial charge in [-0.2, -0.15) is 0 Å². The van der Waals surface area contributed by atoms with Crippen molar-refractivity contribution in [3.63, 3.8) is 0 Å². The molecule has 4 heterocycles. The predicted octanol–water partition coefficient (Wildman–Crippen LogP) is 1.82. The molecule has 1 unspecified atom stereocenters. The molecular weight excluding hydrogens is 449 g/mol. The van der Waals surface area contributed by atoms with Gasteiger partial charge in [0.1, 0.15) is 22.3 Å². The number of hydrogen-bond donors (Lipinski definition) is 2. The molecule has 0 bridgehead atoms. The summed E-state index contributed by atoms with van der Waals surface area (Å²) in [6.45, 7) is 2.42. The third kappa shape index (κ3) is 4.30. The van der Waals surface area contributed by atoms with Crippen molar-refractivity contribution in [1.82, 2.24) is 9.97 Å². The first-order valence-electron chi connectivity index (χ1n) is 10.8. The number of aromatic nitrogens is 2. The highest BCUT2D eigenvalue weighted by Crippen LogP contribution is 2.33. The summed E-state index contributed by atoms with van der Waals surface area (Å²) in [5.74, 6) is 0.0728. The first-order chi connectivity index (χ1) is 16.4. The Morgan fingerprint density at radius 3 is 2.50 bits per heavy atom. The van der Waals surface area contributed by atoms with Gasteiger partial charge in [-0.15, -0.1) is 0 Å². The molecular formula is C22H22FN5O6. The highest BCUT2D eigenvalue weighted by molar-refractivity contribution is 5.93.